The second-order valence-electron chi connectivity index (χ2n) is 3.47. The van der Waals surface area contributed by atoms with Gasteiger partial charge in [-0.1, -0.05) is 13.3 Å². The average molecular weight is 257 g/mol. The fourth-order valence-corrected chi connectivity index (χ4v) is 2.15. The van der Waals surface area contributed by atoms with E-state index in [9.17, 15) is 9.59 Å². The molecule has 1 atom stereocenters. The van der Waals surface area contributed by atoms with Crippen LogP contribution in [0.15, 0.2) is 11.4 Å². The molecule has 5 nitrogen and oxygen atoms in total. The number of nitrogens with one attached hydrogen (secondary N) is 1. The first kappa shape index (κ1) is 13.5. The number of carbonyl (C=O) groups excluding carboxylic acids is 1. The maximum absolute atomic E-state index is 11.8. The minimum absolute atomic E-state index is 0.398. The van der Waals surface area contributed by atoms with Crippen molar-refractivity contribution in [1.82, 2.24) is 5.32 Å². The molecule has 0 aliphatic rings. The molecule has 0 aliphatic carbocycles. The predicted molar refractivity (Wildman–Crippen MR) is 64.7 cm³/mol. The second-order valence-corrected chi connectivity index (χ2v) is 4.39. The lowest BCUT2D eigenvalue weighted by Gasteiger charge is -2.13. The van der Waals surface area contributed by atoms with Gasteiger partial charge in [-0.2, -0.15) is 0 Å². The number of ether oxygens (including phenoxy) is 1. The summed E-state index contributed by atoms with van der Waals surface area (Å²) >= 11 is 1.22. The molecule has 1 heterocycles. The van der Waals surface area contributed by atoms with Gasteiger partial charge >= 0.3 is 5.97 Å². The number of aliphatic carboxylic acids is 1. The van der Waals surface area contributed by atoms with E-state index in [0.717, 1.165) is 0 Å². The van der Waals surface area contributed by atoms with E-state index in [-0.39, 0.29) is 0 Å². The van der Waals surface area contributed by atoms with Gasteiger partial charge in [0.25, 0.3) is 5.91 Å². The summed E-state index contributed by atoms with van der Waals surface area (Å²) in [6, 6.07) is 0.828. The Bertz CT molecular complexity index is 402. The number of amides is 1. The van der Waals surface area contributed by atoms with Crippen LogP contribution in [0.4, 0.5) is 0 Å². The fraction of sp³-hybridized carbons (Fsp3) is 0.455. The highest BCUT2D eigenvalue weighted by atomic mass is 32.1. The monoisotopic (exact) mass is 257 g/mol. The van der Waals surface area contributed by atoms with Crippen LogP contribution in [0.5, 0.6) is 5.75 Å². The molecule has 17 heavy (non-hydrogen) atoms. The number of methoxy groups -OCH3 is 1. The zero-order chi connectivity index (χ0) is 12.8. The van der Waals surface area contributed by atoms with Crippen LogP contribution in [-0.2, 0) is 4.79 Å². The molecule has 0 bridgehead atoms. The third-order valence-electron chi connectivity index (χ3n) is 2.24. The number of carboxylic acids is 1. The number of rotatable bonds is 6. The number of carbonyl (C=O) groups is 2. The number of hydrogen-bond acceptors (Lipinski definition) is 4. The topological polar surface area (TPSA) is 75.6 Å². The van der Waals surface area contributed by atoms with Crippen LogP contribution in [-0.4, -0.2) is 30.1 Å². The molecule has 1 aromatic heterocycles. The SMILES string of the molecule is CCC[C@@H](NC(=O)c1sccc1OC)C(=O)O. The van der Waals surface area contributed by atoms with Crippen molar-refractivity contribution >= 4 is 23.2 Å². The molecule has 0 radical (unpaired) electrons. The van der Waals surface area contributed by atoms with Crippen molar-refractivity contribution < 1.29 is 19.4 Å². The van der Waals surface area contributed by atoms with Crippen LogP contribution >= 0.6 is 11.3 Å². The lowest BCUT2D eigenvalue weighted by molar-refractivity contribution is -0.139. The smallest absolute Gasteiger partial charge is 0.326 e. The first-order chi connectivity index (χ1) is 8.10. The zero-order valence-corrected chi connectivity index (χ0v) is 10.5. The third-order valence-corrected chi connectivity index (χ3v) is 3.13. The van der Waals surface area contributed by atoms with E-state index in [0.29, 0.717) is 23.5 Å². The largest absolute Gasteiger partial charge is 0.495 e. The minimum Gasteiger partial charge on any atom is -0.495 e. The summed E-state index contributed by atoms with van der Waals surface area (Å²) < 4.78 is 5.01. The van der Waals surface area contributed by atoms with Crippen LogP contribution in [0.25, 0.3) is 0 Å². The molecule has 0 unspecified atom stereocenters. The van der Waals surface area contributed by atoms with E-state index in [1.54, 1.807) is 11.4 Å². The normalized spacial score (nSPS) is 11.9. The van der Waals surface area contributed by atoms with Gasteiger partial charge in [0, 0.05) is 0 Å². The molecule has 1 aromatic rings. The van der Waals surface area contributed by atoms with Crippen LogP contribution < -0.4 is 10.1 Å². The van der Waals surface area contributed by atoms with Crippen molar-refractivity contribution in [2.75, 3.05) is 7.11 Å². The lowest BCUT2D eigenvalue weighted by Crippen LogP contribution is -2.40. The summed E-state index contributed by atoms with van der Waals surface area (Å²) in [5.41, 5.74) is 0. The molecular formula is C11H15NO4S. The highest BCUT2D eigenvalue weighted by Crippen LogP contribution is 2.24. The van der Waals surface area contributed by atoms with Crippen molar-refractivity contribution in [2.24, 2.45) is 0 Å². The maximum Gasteiger partial charge on any atom is 0.326 e. The van der Waals surface area contributed by atoms with Crippen molar-refractivity contribution in [3.63, 3.8) is 0 Å². The molecule has 0 saturated carbocycles. The van der Waals surface area contributed by atoms with Gasteiger partial charge in [0.15, 0.2) is 0 Å². The van der Waals surface area contributed by atoms with Gasteiger partial charge in [0.1, 0.15) is 16.7 Å². The molecule has 0 fully saturated rings. The summed E-state index contributed by atoms with van der Waals surface area (Å²) in [4.78, 5) is 23.1. The van der Waals surface area contributed by atoms with E-state index < -0.39 is 17.9 Å². The average Bonchev–Trinajstić information content (AvgIpc) is 2.76. The zero-order valence-electron chi connectivity index (χ0n) is 9.73. The summed E-state index contributed by atoms with van der Waals surface area (Å²) in [5, 5.41) is 13.1. The molecular weight excluding hydrogens is 242 g/mol. The van der Waals surface area contributed by atoms with E-state index in [4.69, 9.17) is 9.84 Å². The summed E-state index contributed by atoms with van der Waals surface area (Å²) in [6.07, 6.45) is 1.10. The quantitative estimate of drug-likeness (QED) is 0.814. The van der Waals surface area contributed by atoms with E-state index in [1.165, 1.54) is 18.4 Å². The molecule has 94 valence electrons. The van der Waals surface area contributed by atoms with Crippen molar-refractivity contribution in [3.05, 3.63) is 16.3 Å². The minimum atomic E-state index is -1.02. The van der Waals surface area contributed by atoms with Crippen molar-refractivity contribution in [2.45, 2.75) is 25.8 Å². The molecule has 2 N–H and O–H groups in total. The van der Waals surface area contributed by atoms with Crippen LogP contribution in [0.1, 0.15) is 29.4 Å². The van der Waals surface area contributed by atoms with Gasteiger partial charge in [0.05, 0.1) is 7.11 Å². The highest BCUT2D eigenvalue weighted by molar-refractivity contribution is 7.12. The Hall–Kier alpha value is -1.56. The number of carboxylic acid groups (broad SMARTS) is 1. The summed E-state index contributed by atoms with van der Waals surface area (Å²) in [6.45, 7) is 1.87. The number of thiophene rings is 1. The van der Waals surface area contributed by atoms with E-state index >= 15 is 0 Å². The highest BCUT2D eigenvalue weighted by Gasteiger charge is 2.22. The Morgan fingerprint density at radius 1 is 1.59 bits per heavy atom. The molecule has 0 aromatic carbocycles. The fourth-order valence-electron chi connectivity index (χ4n) is 1.39. The summed E-state index contributed by atoms with van der Waals surface area (Å²) in [7, 11) is 1.47. The molecule has 1 amide bonds. The Morgan fingerprint density at radius 3 is 2.82 bits per heavy atom. The Balaban J connectivity index is 2.73. The first-order valence-corrected chi connectivity index (χ1v) is 6.13. The lowest BCUT2D eigenvalue weighted by atomic mass is 10.1. The molecule has 0 spiro atoms. The standard InChI is InChI=1S/C11H15NO4S/c1-3-4-7(11(14)15)12-10(13)9-8(16-2)5-6-17-9/h5-7H,3-4H2,1-2H3,(H,12,13)(H,14,15)/t7-/m1/s1. The van der Waals surface area contributed by atoms with Crippen LogP contribution in [0, 0.1) is 0 Å². The molecule has 0 aliphatic heterocycles. The van der Waals surface area contributed by atoms with Gasteiger partial charge in [-0.3, -0.25) is 4.79 Å². The second kappa shape index (κ2) is 6.24. The maximum atomic E-state index is 11.8. The Kier molecular flexibility index (Phi) is 4.96. The number of hydrogen-bond donors (Lipinski definition) is 2. The molecule has 0 saturated heterocycles. The third kappa shape index (κ3) is 3.45. The van der Waals surface area contributed by atoms with Crippen molar-refractivity contribution in [1.29, 1.82) is 0 Å². The Morgan fingerprint density at radius 2 is 2.29 bits per heavy atom. The van der Waals surface area contributed by atoms with E-state index in [2.05, 4.69) is 5.32 Å². The van der Waals surface area contributed by atoms with Gasteiger partial charge in [-0.05, 0) is 17.9 Å². The van der Waals surface area contributed by atoms with E-state index in [1.807, 2.05) is 6.92 Å². The van der Waals surface area contributed by atoms with Crippen molar-refractivity contribution in [3.8, 4) is 5.75 Å². The van der Waals surface area contributed by atoms with Gasteiger partial charge in [0.2, 0.25) is 0 Å². The summed E-state index contributed by atoms with van der Waals surface area (Å²) in [5.74, 6) is -0.957. The molecule has 6 heteroatoms. The predicted octanol–water partition coefficient (Wildman–Crippen LogP) is 1.74. The van der Waals surface area contributed by atoms with Gasteiger partial charge < -0.3 is 15.2 Å². The van der Waals surface area contributed by atoms with Gasteiger partial charge in [-0.25, -0.2) is 4.79 Å². The van der Waals surface area contributed by atoms with Crippen LogP contribution in [0.2, 0.25) is 0 Å². The van der Waals surface area contributed by atoms with Crippen LogP contribution in [0.3, 0.4) is 0 Å². The molecule has 1 rings (SSSR count). The first-order valence-electron chi connectivity index (χ1n) is 5.25. The Labute approximate surface area is 103 Å². The van der Waals surface area contributed by atoms with Gasteiger partial charge in [-0.15, -0.1) is 11.3 Å².